The molecule has 0 saturated heterocycles. The number of hydrogen-bond acceptors (Lipinski definition) is 4. The smallest absolute Gasteiger partial charge is 0.172 e. The number of thiol groups is 1. The van der Waals surface area contributed by atoms with Crippen molar-refractivity contribution in [1.82, 2.24) is 0 Å². The minimum atomic E-state index is 0.351. The molecule has 13 heavy (non-hydrogen) atoms. The van der Waals surface area contributed by atoms with Gasteiger partial charge in [0, 0.05) is 9.79 Å². The number of thiophene rings is 1. The van der Waals surface area contributed by atoms with Crippen LogP contribution in [0.4, 0.5) is 0 Å². The minimum Gasteiger partial charge on any atom is -0.499 e. The van der Waals surface area contributed by atoms with Gasteiger partial charge in [0.1, 0.15) is 0 Å². The van der Waals surface area contributed by atoms with Gasteiger partial charge >= 0.3 is 0 Å². The molecule has 1 aromatic heterocycles. The molecule has 1 aromatic carbocycles. The van der Waals surface area contributed by atoms with Crippen molar-refractivity contribution >= 4 is 45.8 Å². The maximum absolute atomic E-state index is 9.32. The third-order valence-corrected chi connectivity index (χ3v) is 3.99. The topological polar surface area (TPSA) is 20.2 Å². The van der Waals surface area contributed by atoms with E-state index in [0.717, 1.165) is 15.0 Å². The van der Waals surface area contributed by atoms with Crippen molar-refractivity contribution in [2.24, 2.45) is 0 Å². The van der Waals surface area contributed by atoms with Crippen LogP contribution in [-0.2, 0) is 0 Å². The van der Waals surface area contributed by atoms with Crippen LogP contribution in [0.3, 0.4) is 0 Å². The number of rotatable bonds is 1. The lowest BCUT2D eigenvalue weighted by Crippen LogP contribution is -1.71. The van der Waals surface area contributed by atoms with Crippen LogP contribution in [-0.4, -0.2) is 11.4 Å². The van der Waals surface area contributed by atoms with E-state index in [-0.39, 0.29) is 0 Å². The van der Waals surface area contributed by atoms with Gasteiger partial charge in [-0.3, -0.25) is 0 Å². The average molecular weight is 228 g/mol. The van der Waals surface area contributed by atoms with Crippen molar-refractivity contribution in [3.63, 3.8) is 0 Å². The highest BCUT2D eigenvalue weighted by molar-refractivity contribution is 7.98. The molecule has 68 valence electrons. The second-order valence-corrected chi connectivity index (χ2v) is 5.04. The number of fused-ring (bicyclic) bond motifs is 1. The van der Waals surface area contributed by atoms with Crippen LogP contribution in [0.15, 0.2) is 28.0 Å². The SMILES string of the molecule is CSc1cc(S)c2sc(O)cc2c1. The van der Waals surface area contributed by atoms with Gasteiger partial charge in [-0.1, -0.05) is 11.3 Å². The molecule has 0 unspecified atom stereocenters. The van der Waals surface area contributed by atoms with Crippen LogP contribution in [0.1, 0.15) is 0 Å². The molecule has 0 aliphatic rings. The zero-order valence-electron chi connectivity index (χ0n) is 6.94. The van der Waals surface area contributed by atoms with Gasteiger partial charge < -0.3 is 5.11 Å². The maximum atomic E-state index is 9.32. The third kappa shape index (κ3) is 1.66. The van der Waals surface area contributed by atoms with Crippen LogP contribution in [0, 0.1) is 0 Å². The van der Waals surface area contributed by atoms with E-state index in [1.165, 1.54) is 16.2 Å². The Labute approximate surface area is 90.2 Å². The molecular formula is C9H8OS3. The van der Waals surface area contributed by atoms with Crippen molar-refractivity contribution in [2.45, 2.75) is 9.79 Å². The Balaban J connectivity index is 2.75. The molecule has 0 spiro atoms. The standard InChI is InChI=1S/C9H8OS3/c1-12-6-2-5-3-8(10)13-9(5)7(11)4-6/h2-4,10-11H,1H3. The Kier molecular flexibility index (Phi) is 2.45. The molecule has 1 N–H and O–H groups in total. The Morgan fingerprint density at radius 1 is 1.38 bits per heavy atom. The van der Waals surface area contributed by atoms with Crippen molar-refractivity contribution in [3.05, 3.63) is 18.2 Å². The Bertz CT molecular complexity index is 447. The lowest BCUT2D eigenvalue weighted by molar-refractivity contribution is 0.491. The molecule has 0 amide bonds. The third-order valence-electron chi connectivity index (χ3n) is 1.79. The molecule has 0 aliphatic heterocycles. The first kappa shape index (κ1) is 9.24. The Morgan fingerprint density at radius 2 is 2.15 bits per heavy atom. The molecule has 2 aromatic rings. The minimum absolute atomic E-state index is 0.351. The fourth-order valence-corrected chi connectivity index (χ4v) is 2.98. The van der Waals surface area contributed by atoms with Gasteiger partial charge in [0.25, 0.3) is 0 Å². The summed E-state index contributed by atoms with van der Waals surface area (Å²) in [7, 11) is 0. The predicted molar refractivity (Wildman–Crippen MR) is 62.5 cm³/mol. The summed E-state index contributed by atoms with van der Waals surface area (Å²) in [6.45, 7) is 0. The molecule has 0 radical (unpaired) electrons. The van der Waals surface area contributed by atoms with Gasteiger partial charge in [-0.2, -0.15) is 0 Å². The van der Waals surface area contributed by atoms with Gasteiger partial charge in [-0.25, -0.2) is 0 Å². The zero-order valence-corrected chi connectivity index (χ0v) is 9.47. The van der Waals surface area contributed by atoms with E-state index in [9.17, 15) is 5.11 Å². The fraction of sp³-hybridized carbons (Fsp3) is 0.111. The summed E-state index contributed by atoms with van der Waals surface area (Å²) in [6.07, 6.45) is 2.03. The summed E-state index contributed by atoms with van der Waals surface area (Å²) in [5.41, 5.74) is 0. The van der Waals surface area contributed by atoms with Crippen molar-refractivity contribution < 1.29 is 5.11 Å². The maximum Gasteiger partial charge on any atom is 0.172 e. The summed E-state index contributed by atoms with van der Waals surface area (Å²) >= 11 is 7.42. The highest BCUT2D eigenvalue weighted by Crippen LogP contribution is 2.37. The van der Waals surface area contributed by atoms with E-state index < -0.39 is 0 Å². The van der Waals surface area contributed by atoms with Crippen molar-refractivity contribution in [2.75, 3.05) is 6.26 Å². The van der Waals surface area contributed by atoms with Crippen LogP contribution in [0.2, 0.25) is 0 Å². The molecule has 2 rings (SSSR count). The zero-order chi connectivity index (χ0) is 9.42. The highest BCUT2D eigenvalue weighted by atomic mass is 32.2. The molecule has 4 heteroatoms. The number of hydrogen-bond donors (Lipinski definition) is 2. The lowest BCUT2D eigenvalue weighted by atomic mass is 10.3. The van der Waals surface area contributed by atoms with Crippen molar-refractivity contribution in [3.8, 4) is 5.06 Å². The van der Waals surface area contributed by atoms with E-state index in [4.69, 9.17) is 0 Å². The number of thioether (sulfide) groups is 1. The van der Waals surface area contributed by atoms with E-state index >= 15 is 0 Å². The summed E-state index contributed by atoms with van der Waals surface area (Å²) in [6, 6.07) is 5.86. The first-order valence-electron chi connectivity index (χ1n) is 3.70. The molecule has 0 saturated carbocycles. The quantitative estimate of drug-likeness (QED) is 0.574. The summed E-state index contributed by atoms with van der Waals surface area (Å²) in [4.78, 5) is 2.11. The molecule has 0 bridgehead atoms. The van der Waals surface area contributed by atoms with Gasteiger partial charge in [0.05, 0.1) is 4.70 Å². The van der Waals surface area contributed by atoms with E-state index in [0.29, 0.717) is 5.06 Å². The molecule has 0 aliphatic carbocycles. The molecular weight excluding hydrogens is 220 g/mol. The highest BCUT2D eigenvalue weighted by Gasteiger charge is 2.05. The van der Waals surface area contributed by atoms with Crippen LogP contribution in [0.25, 0.3) is 10.1 Å². The van der Waals surface area contributed by atoms with Gasteiger partial charge in [-0.15, -0.1) is 24.4 Å². The van der Waals surface area contributed by atoms with Crippen LogP contribution < -0.4 is 0 Å². The van der Waals surface area contributed by atoms with E-state index in [2.05, 4.69) is 18.7 Å². The molecule has 0 atom stereocenters. The monoisotopic (exact) mass is 228 g/mol. The van der Waals surface area contributed by atoms with Crippen LogP contribution in [0.5, 0.6) is 5.06 Å². The van der Waals surface area contributed by atoms with E-state index in [1.54, 1.807) is 17.8 Å². The van der Waals surface area contributed by atoms with Gasteiger partial charge in [-0.05, 0) is 29.8 Å². The molecule has 1 nitrogen and oxygen atoms in total. The Hall–Kier alpha value is -0.320. The largest absolute Gasteiger partial charge is 0.499 e. The molecule has 0 fully saturated rings. The average Bonchev–Trinajstić information content (AvgIpc) is 2.46. The van der Waals surface area contributed by atoms with Crippen molar-refractivity contribution in [1.29, 1.82) is 0 Å². The van der Waals surface area contributed by atoms with Gasteiger partial charge in [0.2, 0.25) is 0 Å². The van der Waals surface area contributed by atoms with E-state index in [1.807, 2.05) is 12.3 Å². The summed E-state index contributed by atoms with van der Waals surface area (Å²) < 4.78 is 1.05. The summed E-state index contributed by atoms with van der Waals surface area (Å²) in [5.74, 6) is 0. The normalized spacial score (nSPS) is 10.9. The number of benzene rings is 1. The predicted octanol–water partition coefficient (Wildman–Crippen LogP) is 3.62. The second-order valence-electron chi connectivity index (χ2n) is 2.65. The fourth-order valence-electron chi connectivity index (χ4n) is 1.21. The van der Waals surface area contributed by atoms with Crippen LogP contribution >= 0.6 is 35.7 Å². The van der Waals surface area contributed by atoms with Gasteiger partial charge in [0.15, 0.2) is 5.06 Å². The summed E-state index contributed by atoms with van der Waals surface area (Å²) in [5, 5.41) is 10.7. The first-order valence-corrected chi connectivity index (χ1v) is 6.19. The lowest BCUT2D eigenvalue weighted by Gasteiger charge is -1.98. The first-order chi connectivity index (χ1) is 6.20. The number of aromatic hydroxyl groups is 1. The second kappa shape index (κ2) is 3.44. The Morgan fingerprint density at radius 3 is 2.85 bits per heavy atom. The molecule has 1 heterocycles.